The summed E-state index contributed by atoms with van der Waals surface area (Å²) < 4.78 is 0. The molecule has 0 aliphatic rings. The average molecular weight is 216 g/mol. The molecule has 0 radical (unpaired) electrons. The highest BCUT2D eigenvalue weighted by molar-refractivity contribution is 5.75. The van der Waals surface area contributed by atoms with Crippen LogP contribution in [0.4, 0.5) is 0 Å². The van der Waals surface area contributed by atoms with Crippen LogP contribution in [0.15, 0.2) is 0 Å². The van der Waals surface area contributed by atoms with E-state index < -0.39 is 0 Å². The van der Waals surface area contributed by atoms with Crippen LogP contribution in [0.5, 0.6) is 0 Å². The van der Waals surface area contributed by atoms with Crippen LogP contribution in [-0.4, -0.2) is 49.7 Å². The molecule has 0 heterocycles. The number of hydrogen-bond acceptors (Lipinski definition) is 3. The van der Waals surface area contributed by atoms with Crippen molar-refractivity contribution in [3.8, 4) is 0 Å². The Kier molecular flexibility index (Phi) is 9.52. The Morgan fingerprint density at radius 1 is 1.13 bits per heavy atom. The minimum absolute atomic E-state index is 0.169. The standard InChI is InChI=1S/C11H24N2O2/c1-13(2)11(15)7-9-12-8-5-3-4-6-10-14/h12,14H,3-10H2,1-2H3. The predicted molar refractivity (Wildman–Crippen MR) is 61.7 cm³/mol. The van der Waals surface area contributed by atoms with Gasteiger partial charge in [0.1, 0.15) is 0 Å². The van der Waals surface area contributed by atoms with E-state index in [2.05, 4.69) is 5.32 Å². The molecular formula is C11H24N2O2. The molecule has 0 aromatic heterocycles. The number of unbranched alkanes of at least 4 members (excludes halogenated alkanes) is 3. The molecule has 0 saturated carbocycles. The van der Waals surface area contributed by atoms with E-state index in [0.29, 0.717) is 13.0 Å². The van der Waals surface area contributed by atoms with Crippen molar-refractivity contribution in [3.05, 3.63) is 0 Å². The number of hydrogen-bond donors (Lipinski definition) is 2. The van der Waals surface area contributed by atoms with Crippen LogP contribution < -0.4 is 5.32 Å². The lowest BCUT2D eigenvalue weighted by atomic mass is 10.2. The highest BCUT2D eigenvalue weighted by atomic mass is 16.2. The van der Waals surface area contributed by atoms with E-state index in [1.54, 1.807) is 19.0 Å². The van der Waals surface area contributed by atoms with Crippen LogP contribution in [0.25, 0.3) is 0 Å². The Morgan fingerprint density at radius 3 is 2.40 bits per heavy atom. The van der Waals surface area contributed by atoms with Gasteiger partial charge in [-0.2, -0.15) is 0 Å². The van der Waals surface area contributed by atoms with Gasteiger partial charge in [-0.3, -0.25) is 4.79 Å². The molecule has 0 aliphatic carbocycles. The van der Waals surface area contributed by atoms with Crippen LogP contribution in [0, 0.1) is 0 Å². The first-order chi connectivity index (χ1) is 7.18. The maximum absolute atomic E-state index is 11.2. The maximum atomic E-state index is 11.2. The first-order valence-corrected chi connectivity index (χ1v) is 5.70. The Balaban J connectivity index is 3.08. The van der Waals surface area contributed by atoms with Gasteiger partial charge < -0.3 is 15.3 Å². The zero-order valence-corrected chi connectivity index (χ0v) is 9.96. The summed E-state index contributed by atoms with van der Waals surface area (Å²) in [5, 5.41) is 11.8. The molecule has 0 aliphatic heterocycles. The molecule has 2 N–H and O–H groups in total. The molecule has 0 unspecified atom stereocenters. The van der Waals surface area contributed by atoms with Crippen molar-refractivity contribution in [3.63, 3.8) is 0 Å². The SMILES string of the molecule is CN(C)C(=O)CCNCCCCCCO. The minimum Gasteiger partial charge on any atom is -0.396 e. The average Bonchev–Trinajstić information content (AvgIpc) is 2.21. The van der Waals surface area contributed by atoms with Gasteiger partial charge in [-0.05, 0) is 19.4 Å². The fraction of sp³-hybridized carbons (Fsp3) is 0.909. The summed E-state index contributed by atoms with van der Waals surface area (Å²) in [6.45, 7) is 2.02. The first-order valence-electron chi connectivity index (χ1n) is 5.70. The largest absolute Gasteiger partial charge is 0.396 e. The van der Waals surface area contributed by atoms with Crippen LogP contribution >= 0.6 is 0 Å². The molecule has 15 heavy (non-hydrogen) atoms. The molecule has 0 saturated heterocycles. The van der Waals surface area contributed by atoms with E-state index in [4.69, 9.17) is 5.11 Å². The normalized spacial score (nSPS) is 10.3. The number of carbonyl (C=O) groups excluding carboxylic acids is 1. The number of aliphatic hydroxyl groups excluding tert-OH is 1. The van der Waals surface area contributed by atoms with Gasteiger partial charge in [0, 0.05) is 33.7 Å². The second-order valence-corrected chi connectivity index (χ2v) is 3.93. The molecule has 90 valence electrons. The van der Waals surface area contributed by atoms with E-state index in [1.165, 1.54) is 0 Å². The molecule has 4 nitrogen and oxygen atoms in total. The number of nitrogens with one attached hydrogen (secondary N) is 1. The van der Waals surface area contributed by atoms with E-state index >= 15 is 0 Å². The van der Waals surface area contributed by atoms with Crippen LogP contribution in [0.2, 0.25) is 0 Å². The third-order valence-electron chi connectivity index (χ3n) is 2.28. The second-order valence-electron chi connectivity index (χ2n) is 3.93. The Morgan fingerprint density at radius 2 is 1.80 bits per heavy atom. The van der Waals surface area contributed by atoms with Crippen molar-refractivity contribution in [2.75, 3.05) is 33.8 Å². The van der Waals surface area contributed by atoms with E-state index in [-0.39, 0.29) is 5.91 Å². The Labute approximate surface area is 92.7 Å². The summed E-state index contributed by atoms with van der Waals surface area (Å²) in [6, 6.07) is 0. The van der Waals surface area contributed by atoms with Crippen molar-refractivity contribution in [1.29, 1.82) is 0 Å². The van der Waals surface area contributed by atoms with Crippen molar-refractivity contribution in [2.24, 2.45) is 0 Å². The maximum Gasteiger partial charge on any atom is 0.223 e. The molecule has 0 atom stereocenters. The third-order valence-corrected chi connectivity index (χ3v) is 2.28. The van der Waals surface area contributed by atoms with Crippen molar-refractivity contribution in [2.45, 2.75) is 32.1 Å². The number of rotatable bonds is 9. The summed E-state index contributed by atoms with van der Waals surface area (Å²) in [4.78, 5) is 12.8. The fourth-order valence-corrected chi connectivity index (χ4v) is 1.26. The van der Waals surface area contributed by atoms with Crippen molar-refractivity contribution in [1.82, 2.24) is 10.2 Å². The summed E-state index contributed by atoms with van der Waals surface area (Å²) in [5.41, 5.74) is 0. The van der Waals surface area contributed by atoms with Crippen molar-refractivity contribution < 1.29 is 9.90 Å². The number of aliphatic hydroxyl groups is 1. The zero-order valence-electron chi connectivity index (χ0n) is 9.96. The van der Waals surface area contributed by atoms with Gasteiger partial charge in [0.2, 0.25) is 5.91 Å². The van der Waals surface area contributed by atoms with Gasteiger partial charge in [0.15, 0.2) is 0 Å². The third kappa shape index (κ3) is 9.69. The number of amides is 1. The highest BCUT2D eigenvalue weighted by Gasteiger charge is 2.01. The lowest BCUT2D eigenvalue weighted by Gasteiger charge is -2.10. The molecule has 0 fully saturated rings. The predicted octanol–water partition coefficient (Wildman–Crippen LogP) is 0.607. The smallest absolute Gasteiger partial charge is 0.223 e. The van der Waals surface area contributed by atoms with E-state index in [1.807, 2.05) is 0 Å². The lowest BCUT2D eigenvalue weighted by Crippen LogP contribution is -2.27. The van der Waals surface area contributed by atoms with Gasteiger partial charge in [-0.25, -0.2) is 0 Å². The van der Waals surface area contributed by atoms with Crippen molar-refractivity contribution >= 4 is 5.91 Å². The molecule has 4 heteroatoms. The van der Waals surface area contributed by atoms with Crippen LogP contribution in [-0.2, 0) is 4.79 Å². The van der Waals surface area contributed by atoms with Gasteiger partial charge in [0.25, 0.3) is 0 Å². The van der Waals surface area contributed by atoms with Gasteiger partial charge in [0.05, 0.1) is 0 Å². The van der Waals surface area contributed by atoms with E-state index in [0.717, 1.165) is 38.8 Å². The summed E-state index contributed by atoms with van der Waals surface area (Å²) in [5.74, 6) is 0.169. The summed E-state index contributed by atoms with van der Waals surface area (Å²) in [6.07, 6.45) is 4.84. The molecule has 1 amide bonds. The monoisotopic (exact) mass is 216 g/mol. The Hall–Kier alpha value is -0.610. The quantitative estimate of drug-likeness (QED) is 0.555. The summed E-state index contributed by atoms with van der Waals surface area (Å²) >= 11 is 0. The van der Waals surface area contributed by atoms with Gasteiger partial charge in [-0.15, -0.1) is 0 Å². The second kappa shape index (κ2) is 9.93. The zero-order chi connectivity index (χ0) is 11.5. The summed E-state index contributed by atoms with van der Waals surface area (Å²) in [7, 11) is 3.55. The molecule has 0 aromatic rings. The topological polar surface area (TPSA) is 52.6 Å². The number of nitrogens with zero attached hydrogens (tertiary/aromatic N) is 1. The Bertz CT molecular complexity index is 161. The lowest BCUT2D eigenvalue weighted by molar-refractivity contribution is -0.128. The molecule has 0 rings (SSSR count). The fourth-order valence-electron chi connectivity index (χ4n) is 1.26. The van der Waals surface area contributed by atoms with Gasteiger partial charge >= 0.3 is 0 Å². The van der Waals surface area contributed by atoms with Gasteiger partial charge in [-0.1, -0.05) is 12.8 Å². The van der Waals surface area contributed by atoms with Crippen LogP contribution in [0.3, 0.4) is 0 Å². The molecule has 0 spiro atoms. The minimum atomic E-state index is 0.169. The molecular weight excluding hydrogens is 192 g/mol. The highest BCUT2D eigenvalue weighted by Crippen LogP contribution is 1.97. The van der Waals surface area contributed by atoms with E-state index in [9.17, 15) is 4.79 Å². The first kappa shape index (κ1) is 14.4. The molecule has 0 bridgehead atoms. The number of carbonyl (C=O) groups is 1. The molecule has 0 aromatic carbocycles. The van der Waals surface area contributed by atoms with Crippen LogP contribution in [0.1, 0.15) is 32.1 Å².